The summed E-state index contributed by atoms with van der Waals surface area (Å²) in [6.07, 6.45) is 6.30. The quantitative estimate of drug-likeness (QED) is 0.762. The molecule has 0 aliphatic carbocycles. The van der Waals surface area contributed by atoms with Gasteiger partial charge in [-0.2, -0.15) is 5.10 Å². The summed E-state index contributed by atoms with van der Waals surface area (Å²) >= 11 is 0. The minimum absolute atomic E-state index is 0.0772. The average Bonchev–Trinajstić information content (AvgIpc) is 2.90. The Balaban J connectivity index is 1.54. The summed E-state index contributed by atoms with van der Waals surface area (Å²) in [7, 11) is 0. The predicted octanol–water partition coefficient (Wildman–Crippen LogP) is 0.389. The zero-order valence-corrected chi connectivity index (χ0v) is 14.7. The number of benzene rings is 1. The first-order valence-electron chi connectivity index (χ1n) is 8.79. The lowest BCUT2D eigenvalue weighted by Gasteiger charge is -2.21. The van der Waals surface area contributed by atoms with Gasteiger partial charge >= 0.3 is 0 Å². The minimum Gasteiger partial charge on any atom is -0.344 e. The zero-order chi connectivity index (χ0) is 18.4. The fourth-order valence-electron chi connectivity index (χ4n) is 3.20. The number of para-hydroxylation sites is 1. The third kappa shape index (κ3) is 4.41. The second kappa shape index (κ2) is 8.50. The van der Waals surface area contributed by atoms with E-state index >= 15 is 0 Å². The molecule has 1 aromatic carbocycles. The second-order valence-corrected chi connectivity index (χ2v) is 6.39. The molecule has 0 atom stereocenters. The topological polar surface area (TPSA) is 81.3 Å². The Morgan fingerprint density at radius 2 is 2.08 bits per heavy atom. The van der Waals surface area contributed by atoms with Gasteiger partial charge in [-0.05, 0) is 12.5 Å². The van der Waals surface area contributed by atoms with E-state index in [1.54, 1.807) is 0 Å². The third-order valence-electron chi connectivity index (χ3n) is 4.56. The summed E-state index contributed by atoms with van der Waals surface area (Å²) in [4.78, 5) is 28.4. The van der Waals surface area contributed by atoms with Crippen LogP contribution in [-0.2, 0) is 16.0 Å². The lowest BCUT2D eigenvalue weighted by molar-refractivity contribution is -0.130. The molecule has 0 unspecified atom stereocenters. The van der Waals surface area contributed by atoms with Gasteiger partial charge < -0.3 is 10.2 Å². The maximum atomic E-state index is 12.7. The molecule has 1 fully saturated rings. The van der Waals surface area contributed by atoms with Crippen molar-refractivity contribution in [3.63, 3.8) is 0 Å². The van der Waals surface area contributed by atoms with Crippen molar-refractivity contribution in [1.29, 1.82) is 0 Å². The van der Waals surface area contributed by atoms with Crippen molar-refractivity contribution < 1.29 is 9.59 Å². The Bertz CT molecular complexity index is 823. The van der Waals surface area contributed by atoms with E-state index in [2.05, 4.69) is 26.3 Å². The lowest BCUT2D eigenvalue weighted by Crippen LogP contribution is -2.40. The number of terminal acetylenes is 1. The van der Waals surface area contributed by atoms with E-state index in [0.717, 1.165) is 29.6 Å². The molecule has 136 valence electrons. The van der Waals surface area contributed by atoms with E-state index in [4.69, 9.17) is 6.42 Å². The van der Waals surface area contributed by atoms with Gasteiger partial charge in [0.2, 0.25) is 11.8 Å². The van der Waals surface area contributed by atoms with E-state index in [-0.39, 0.29) is 18.4 Å². The minimum atomic E-state index is -0.0772. The average molecular weight is 353 g/mol. The van der Waals surface area contributed by atoms with Crippen LogP contribution in [0.3, 0.4) is 0 Å². The van der Waals surface area contributed by atoms with Crippen molar-refractivity contribution in [3.8, 4) is 12.3 Å². The summed E-state index contributed by atoms with van der Waals surface area (Å²) < 4.78 is 0. The largest absolute Gasteiger partial charge is 0.344 e. The molecule has 2 N–H and O–H groups in total. The van der Waals surface area contributed by atoms with Gasteiger partial charge in [-0.15, -0.1) is 6.42 Å². The second-order valence-electron chi connectivity index (χ2n) is 6.39. The number of fused-ring (bicyclic) bond motifs is 1. The molecule has 7 nitrogen and oxygen atoms in total. The number of carbonyl (C=O) groups is 2. The summed E-state index contributed by atoms with van der Waals surface area (Å²) in [5.41, 5.74) is 1.72. The summed E-state index contributed by atoms with van der Waals surface area (Å²) in [5, 5.41) is 10.9. The van der Waals surface area contributed by atoms with Gasteiger partial charge in [0.25, 0.3) is 0 Å². The highest BCUT2D eigenvalue weighted by atomic mass is 16.2. The van der Waals surface area contributed by atoms with Crippen LogP contribution in [0.1, 0.15) is 12.1 Å². The van der Waals surface area contributed by atoms with Gasteiger partial charge in [-0.3, -0.25) is 19.6 Å². The standard InChI is InChI=1S/C19H23N5O2/c1-2-8-20-18(25)14-23-9-5-10-24(12-11-23)19(26)13-17-15-6-3-4-7-16(15)21-22-17/h1,3-4,6-7H,5,8-14H2,(H,20,25)(H,21,22). The molecule has 26 heavy (non-hydrogen) atoms. The molecule has 0 bridgehead atoms. The number of H-pyrrole nitrogens is 1. The van der Waals surface area contributed by atoms with Gasteiger partial charge in [-0.25, -0.2) is 0 Å². The smallest absolute Gasteiger partial charge is 0.234 e. The maximum Gasteiger partial charge on any atom is 0.234 e. The number of aromatic nitrogens is 2. The highest BCUT2D eigenvalue weighted by Gasteiger charge is 2.21. The Kier molecular flexibility index (Phi) is 5.87. The molecule has 1 aliphatic heterocycles. The normalized spacial score (nSPS) is 15.4. The van der Waals surface area contributed by atoms with Crippen molar-refractivity contribution in [1.82, 2.24) is 25.3 Å². The molecule has 0 saturated carbocycles. The first-order valence-corrected chi connectivity index (χ1v) is 8.79. The van der Waals surface area contributed by atoms with E-state index in [9.17, 15) is 9.59 Å². The predicted molar refractivity (Wildman–Crippen MR) is 99.3 cm³/mol. The van der Waals surface area contributed by atoms with Gasteiger partial charge in [-0.1, -0.05) is 24.1 Å². The highest BCUT2D eigenvalue weighted by molar-refractivity contribution is 5.87. The molecule has 0 radical (unpaired) electrons. The number of carbonyl (C=O) groups excluding carboxylic acids is 2. The molecule has 2 heterocycles. The highest BCUT2D eigenvalue weighted by Crippen LogP contribution is 2.16. The molecule has 1 saturated heterocycles. The number of hydrogen-bond donors (Lipinski definition) is 2. The fourth-order valence-corrected chi connectivity index (χ4v) is 3.20. The van der Waals surface area contributed by atoms with Crippen LogP contribution < -0.4 is 5.32 Å². The molecule has 2 aromatic rings. The lowest BCUT2D eigenvalue weighted by atomic mass is 10.1. The Hall–Kier alpha value is -2.85. The van der Waals surface area contributed by atoms with Crippen molar-refractivity contribution in [3.05, 3.63) is 30.0 Å². The first kappa shape index (κ1) is 18.0. The molecule has 7 heteroatoms. The molecule has 0 spiro atoms. The van der Waals surface area contributed by atoms with Crippen LogP contribution >= 0.6 is 0 Å². The summed E-state index contributed by atoms with van der Waals surface area (Å²) in [5.74, 6) is 2.40. The molecule has 2 amide bonds. The Morgan fingerprint density at radius 1 is 1.23 bits per heavy atom. The molecular formula is C19H23N5O2. The summed E-state index contributed by atoms with van der Waals surface area (Å²) in [6, 6.07) is 7.77. The van der Waals surface area contributed by atoms with Gasteiger partial charge in [0.15, 0.2) is 0 Å². The van der Waals surface area contributed by atoms with Crippen LogP contribution in [0.25, 0.3) is 10.9 Å². The van der Waals surface area contributed by atoms with Gasteiger partial charge in [0.05, 0.1) is 30.7 Å². The van der Waals surface area contributed by atoms with Crippen molar-refractivity contribution in [2.75, 3.05) is 39.3 Å². The number of amides is 2. The van der Waals surface area contributed by atoms with Crippen LogP contribution in [-0.4, -0.2) is 71.1 Å². The molecular weight excluding hydrogens is 330 g/mol. The van der Waals surface area contributed by atoms with Crippen LogP contribution in [0.15, 0.2) is 24.3 Å². The maximum absolute atomic E-state index is 12.7. The summed E-state index contributed by atoms with van der Waals surface area (Å²) in [6.45, 7) is 3.35. The number of nitrogens with zero attached hydrogens (tertiary/aromatic N) is 3. The van der Waals surface area contributed by atoms with Crippen LogP contribution in [0, 0.1) is 12.3 Å². The SMILES string of the molecule is C#CCNC(=O)CN1CCCN(C(=O)Cc2[nH]nc3ccccc23)CC1. The monoisotopic (exact) mass is 353 g/mol. The van der Waals surface area contributed by atoms with Crippen molar-refractivity contribution >= 4 is 22.7 Å². The number of hydrogen-bond acceptors (Lipinski definition) is 4. The van der Waals surface area contributed by atoms with Gasteiger partial charge in [0.1, 0.15) is 0 Å². The van der Waals surface area contributed by atoms with Gasteiger partial charge in [0, 0.05) is 31.6 Å². The molecule has 1 aromatic heterocycles. The fraction of sp³-hybridized carbons (Fsp3) is 0.421. The zero-order valence-electron chi connectivity index (χ0n) is 14.7. The number of rotatable bonds is 5. The third-order valence-corrected chi connectivity index (χ3v) is 4.56. The van der Waals surface area contributed by atoms with Crippen molar-refractivity contribution in [2.24, 2.45) is 0 Å². The Labute approximate surface area is 152 Å². The first-order chi connectivity index (χ1) is 12.7. The van der Waals surface area contributed by atoms with Crippen LogP contribution in [0.5, 0.6) is 0 Å². The van der Waals surface area contributed by atoms with Crippen LogP contribution in [0.4, 0.5) is 0 Å². The number of aromatic amines is 1. The molecule has 3 rings (SSSR count). The van der Waals surface area contributed by atoms with E-state index in [0.29, 0.717) is 32.6 Å². The Morgan fingerprint density at radius 3 is 2.92 bits per heavy atom. The molecule has 1 aliphatic rings. The van der Waals surface area contributed by atoms with E-state index < -0.39 is 0 Å². The van der Waals surface area contributed by atoms with Crippen LogP contribution in [0.2, 0.25) is 0 Å². The number of nitrogens with one attached hydrogen (secondary N) is 2. The van der Waals surface area contributed by atoms with E-state index in [1.807, 2.05) is 29.2 Å². The van der Waals surface area contributed by atoms with E-state index in [1.165, 1.54) is 0 Å². The van der Waals surface area contributed by atoms with Crippen molar-refractivity contribution in [2.45, 2.75) is 12.8 Å².